The topological polar surface area (TPSA) is 75.0 Å². The van der Waals surface area contributed by atoms with E-state index in [4.69, 9.17) is 5.73 Å². The zero-order valence-corrected chi connectivity index (χ0v) is 9.73. The Morgan fingerprint density at radius 1 is 1.69 bits per heavy atom. The molecule has 16 heavy (non-hydrogen) atoms. The fourth-order valence-corrected chi connectivity index (χ4v) is 1.73. The molecule has 1 aromatic rings. The van der Waals surface area contributed by atoms with Gasteiger partial charge < -0.3 is 10.6 Å². The van der Waals surface area contributed by atoms with Gasteiger partial charge in [0.2, 0.25) is 0 Å². The standard InChI is InChI=1S/C11H18N4O/c1-7(2)15(6-8-3-4-8)11(16)9-5-13-14-10(9)12/h5,7-8H,3-4,6H2,1-2H3,(H3,12,13,14). The number of nitrogens with two attached hydrogens (primary N) is 1. The van der Waals surface area contributed by atoms with E-state index >= 15 is 0 Å². The molecule has 1 amide bonds. The predicted molar refractivity (Wildman–Crippen MR) is 61.9 cm³/mol. The number of rotatable bonds is 4. The minimum atomic E-state index is -0.0202. The smallest absolute Gasteiger partial charge is 0.259 e. The number of aromatic nitrogens is 2. The summed E-state index contributed by atoms with van der Waals surface area (Å²) in [6.07, 6.45) is 3.97. The van der Waals surface area contributed by atoms with Crippen LogP contribution in [0.25, 0.3) is 0 Å². The third-order valence-electron chi connectivity index (χ3n) is 2.94. The normalized spacial score (nSPS) is 15.4. The van der Waals surface area contributed by atoms with Crippen LogP contribution in [0.1, 0.15) is 37.0 Å². The number of hydrogen-bond acceptors (Lipinski definition) is 3. The molecule has 2 rings (SSSR count). The van der Waals surface area contributed by atoms with Crippen molar-refractivity contribution in [2.75, 3.05) is 12.3 Å². The van der Waals surface area contributed by atoms with Gasteiger partial charge in [-0.2, -0.15) is 5.10 Å². The Balaban J connectivity index is 2.13. The third kappa shape index (κ3) is 2.18. The Labute approximate surface area is 95.0 Å². The van der Waals surface area contributed by atoms with Gasteiger partial charge in [0.05, 0.1) is 6.20 Å². The molecule has 5 heteroatoms. The highest BCUT2D eigenvalue weighted by Crippen LogP contribution is 2.31. The molecule has 1 fully saturated rings. The zero-order chi connectivity index (χ0) is 11.7. The van der Waals surface area contributed by atoms with Crippen molar-refractivity contribution < 1.29 is 4.79 Å². The maximum Gasteiger partial charge on any atom is 0.259 e. The van der Waals surface area contributed by atoms with E-state index in [9.17, 15) is 4.79 Å². The van der Waals surface area contributed by atoms with Gasteiger partial charge in [0.25, 0.3) is 5.91 Å². The molecule has 0 aliphatic heterocycles. The van der Waals surface area contributed by atoms with E-state index in [0.717, 1.165) is 6.54 Å². The second kappa shape index (κ2) is 4.15. The van der Waals surface area contributed by atoms with Crippen LogP contribution in [-0.2, 0) is 0 Å². The van der Waals surface area contributed by atoms with E-state index in [1.54, 1.807) is 0 Å². The van der Waals surface area contributed by atoms with Crippen molar-refractivity contribution in [3.8, 4) is 0 Å². The van der Waals surface area contributed by atoms with Crippen LogP contribution in [0.2, 0.25) is 0 Å². The average Bonchev–Trinajstić information content (AvgIpc) is 2.95. The number of amides is 1. The number of nitrogens with one attached hydrogen (secondary N) is 1. The van der Waals surface area contributed by atoms with Crippen LogP contribution in [0, 0.1) is 5.92 Å². The lowest BCUT2D eigenvalue weighted by atomic mass is 10.2. The lowest BCUT2D eigenvalue weighted by molar-refractivity contribution is 0.0697. The van der Waals surface area contributed by atoms with Crippen molar-refractivity contribution in [1.29, 1.82) is 0 Å². The van der Waals surface area contributed by atoms with Crippen LogP contribution in [0.3, 0.4) is 0 Å². The largest absolute Gasteiger partial charge is 0.383 e. The number of carbonyl (C=O) groups is 1. The maximum absolute atomic E-state index is 12.2. The molecule has 0 bridgehead atoms. The minimum Gasteiger partial charge on any atom is -0.383 e. The van der Waals surface area contributed by atoms with Crippen LogP contribution < -0.4 is 5.73 Å². The van der Waals surface area contributed by atoms with Crippen molar-refractivity contribution in [1.82, 2.24) is 15.1 Å². The number of aromatic amines is 1. The summed E-state index contributed by atoms with van der Waals surface area (Å²) in [6, 6.07) is 0.197. The van der Waals surface area contributed by atoms with Crippen molar-refractivity contribution in [3.05, 3.63) is 11.8 Å². The van der Waals surface area contributed by atoms with E-state index in [1.807, 2.05) is 18.7 Å². The summed E-state index contributed by atoms with van der Waals surface area (Å²) in [5.74, 6) is 1.01. The van der Waals surface area contributed by atoms with Gasteiger partial charge in [-0.05, 0) is 32.6 Å². The quantitative estimate of drug-likeness (QED) is 0.805. The first-order chi connectivity index (χ1) is 7.59. The highest BCUT2D eigenvalue weighted by Gasteiger charge is 2.29. The Bertz CT molecular complexity index is 381. The molecule has 1 aliphatic carbocycles. The van der Waals surface area contributed by atoms with E-state index in [-0.39, 0.29) is 11.9 Å². The number of hydrogen-bond donors (Lipinski definition) is 2. The van der Waals surface area contributed by atoms with Gasteiger partial charge in [0.1, 0.15) is 11.4 Å². The molecule has 0 spiro atoms. The Hall–Kier alpha value is -1.52. The Morgan fingerprint density at radius 2 is 2.38 bits per heavy atom. The van der Waals surface area contributed by atoms with Gasteiger partial charge in [0.15, 0.2) is 0 Å². The van der Waals surface area contributed by atoms with Crippen LogP contribution in [0.4, 0.5) is 5.82 Å². The Kier molecular flexibility index (Phi) is 2.85. The highest BCUT2D eigenvalue weighted by atomic mass is 16.2. The molecule has 1 saturated carbocycles. The highest BCUT2D eigenvalue weighted by molar-refractivity contribution is 5.98. The summed E-state index contributed by atoms with van der Waals surface area (Å²) in [5.41, 5.74) is 6.14. The van der Waals surface area contributed by atoms with E-state index < -0.39 is 0 Å². The zero-order valence-electron chi connectivity index (χ0n) is 9.73. The Morgan fingerprint density at radius 3 is 2.81 bits per heavy atom. The molecule has 1 heterocycles. The van der Waals surface area contributed by atoms with Gasteiger partial charge in [-0.3, -0.25) is 9.89 Å². The number of nitrogens with zero attached hydrogens (tertiary/aromatic N) is 2. The SMILES string of the molecule is CC(C)N(CC1CC1)C(=O)c1cn[nH]c1N. The molecular formula is C11H18N4O. The molecule has 88 valence electrons. The van der Waals surface area contributed by atoms with Crippen molar-refractivity contribution in [2.24, 2.45) is 5.92 Å². The lowest BCUT2D eigenvalue weighted by Crippen LogP contribution is -2.38. The first kappa shape index (κ1) is 11.0. The molecule has 0 unspecified atom stereocenters. The van der Waals surface area contributed by atoms with Crippen LogP contribution in [0.15, 0.2) is 6.20 Å². The summed E-state index contributed by atoms with van der Waals surface area (Å²) in [6.45, 7) is 4.88. The fourth-order valence-electron chi connectivity index (χ4n) is 1.73. The minimum absolute atomic E-state index is 0.0202. The third-order valence-corrected chi connectivity index (χ3v) is 2.94. The van der Waals surface area contributed by atoms with Gasteiger partial charge in [-0.15, -0.1) is 0 Å². The van der Waals surface area contributed by atoms with Crippen LogP contribution >= 0.6 is 0 Å². The molecule has 1 aliphatic rings. The number of anilines is 1. The monoisotopic (exact) mass is 222 g/mol. The number of nitrogen functional groups attached to an aromatic ring is 1. The maximum atomic E-state index is 12.2. The van der Waals surface area contributed by atoms with Crippen molar-refractivity contribution >= 4 is 11.7 Å². The molecular weight excluding hydrogens is 204 g/mol. The molecule has 0 atom stereocenters. The molecule has 0 aromatic carbocycles. The summed E-state index contributed by atoms with van der Waals surface area (Å²) < 4.78 is 0. The van der Waals surface area contributed by atoms with Crippen LogP contribution in [0.5, 0.6) is 0 Å². The average molecular weight is 222 g/mol. The predicted octanol–water partition coefficient (Wildman–Crippen LogP) is 1.25. The molecule has 5 nitrogen and oxygen atoms in total. The fraction of sp³-hybridized carbons (Fsp3) is 0.636. The number of carbonyl (C=O) groups excluding carboxylic acids is 1. The van der Waals surface area contributed by atoms with E-state index in [1.165, 1.54) is 19.0 Å². The lowest BCUT2D eigenvalue weighted by Gasteiger charge is -2.26. The summed E-state index contributed by atoms with van der Waals surface area (Å²) in [5, 5.41) is 6.37. The molecule has 3 N–H and O–H groups in total. The first-order valence-corrected chi connectivity index (χ1v) is 5.69. The summed E-state index contributed by atoms with van der Waals surface area (Å²) in [4.78, 5) is 14.1. The van der Waals surface area contributed by atoms with Gasteiger partial charge in [-0.1, -0.05) is 0 Å². The van der Waals surface area contributed by atoms with E-state index in [0.29, 0.717) is 17.3 Å². The van der Waals surface area contributed by atoms with Gasteiger partial charge in [0, 0.05) is 12.6 Å². The van der Waals surface area contributed by atoms with Crippen LogP contribution in [-0.4, -0.2) is 33.6 Å². The van der Waals surface area contributed by atoms with Gasteiger partial charge in [-0.25, -0.2) is 0 Å². The second-order valence-corrected chi connectivity index (χ2v) is 4.69. The molecule has 1 aromatic heterocycles. The van der Waals surface area contributed by atoms with Gasteiger partial charge >= 0.3 is 0 Å². The second-order valence-electron chi connectivity index (χ2n) is 4.69. The first-order valence-electron chi connectivity index (χ1n) is 5.69. The number of H-pyrrole nitrogens is 1. The summed E-state index contributed by atoms with van der Waals surface area (Å²) >= 11 is 0. The van der Waals surface area contributed by atoms with E-state index in [2.05, 4.69) is 10.2 Å². The molecule has 0 saturated heterocycles. The molecule has 0 radical (unpaired) electrons. The summed E-state index contributed by atoms with van der Waals surface area (Å²) in [7, 11) is 0. The van der Waals surface area contributed by atoms with Crippen molar-refractivity contribution in [3.63, 3.8) is 0 Å². The van der Waals surface area contributed by atoms with Crippen molar-refractivity contribution in [2.45, 2.75) is 32.7 Å².